The van der Waals surface area contributed by atoms with Crippen molar-refractivity contribution in [2.75, 3.05) is 0 Å². The summed E-state index contributed by atoms with van der Waals surface area (Å²) in [6.07, 6.45) is 0.815. The molecule has 1 aromatic rings. The van der Waals surface area contributed by atoms with Crippen LogP contribution in [0.1, 0.15) is 10.4 Å². The van der Waals surface area contributed by atoms with E-state index in [1.807, 2.05) is 6.07 Å². The van der Waals surface area contributed by atoms with Crippen LogP contribution in [-0.2, 0) is 0 Å². The number of halogens is 2. The fourth-order valence-corrected chi connectivity index (χ4v) is 1.97. The van der Waals surface area contributed by atoms with Gasteiger partial charge in [0.1, 0.15) is 6.29 Å². The van der Waals surface area contributed by atoms with Gasteiger partial charge < -0.3 is 0 Å². The van der Waals surface area contributed by atoms with Gasteiger partial charge in [-0.25, -0.2) is 0 Å². The summed E-state index contributed by atoms with van der Waals surface area (Å²) in [5, 5.41) is 0. The van der Waals surface area contributed by atoms with Crippen molar-refractivity contribution in [3.05, 3.63) is 32.7 Å². The number of carbonyl (C=O) groups excluding carboxylic acids is 1. The Hall–Kier alpha value is 0.280. The van der Waals surface area contributed by atoms with Crippen LogP contribution in [0, 0.1) is 0 Å². The largest absolute Gasteiger partial charge is 0.298 e. The summed E-state index contributed by atoms with van der Waals surface area (Å²) in [5.74, 6) is 0. The maximum Gasteiger partial charge on any atom is 0.150 e. The molecule has 1 atom stereocenters. The number of carbonyl (C=O) groups is 1. The van der Waals surface area contributed by atoms with E-state index < -0.39 is 0 Å². The molecule has 0 fully saturated rings. The van der Waals surface area contributed by atoms with Crippen molar-refractivity contribution in [1.29, 1.82) is 0 Å². The van der Waals surface area contributed by atoms with Gasteiger partial charge >= 0.3 is 0 Å². The zero-order valence-corrected chi connectivity index (χ0v) is 10.3. The number of benzene rings is 1. The molecule has 60 valence electrons. The normalized spacial score (nSPS) is 8.55. The van der Waals surface area contributed by atoms with Gasteiger partial charge in [0.05, 0.1) is 0 Å². The van der Waals surface area contributed by atoms with Gasteiger partial charge in [-0.1, -0.05) is 31.9 Å². The molecule has 0 aliphatic carbocycles. The van der Waals surface area contributed by atoms with Gasteiger partial charge in [0.25, 0.3) is 0 Å². The minimum atomic E-state index is 0. The molecule has 0 aliphatic heterocycles. The predicted octanol–water partition coefficient (Wildman–Crippen LogP) is 3.08. The fraction of sp³-hybridized carbons (Fsp3) is 0. The van der Waals surface area contributed by atoms with Gasteiger partial charge in [0, 0.05) is 14.5 Å². The molecule has 0 radical (unpaired) electrons. The van der Waals surface area contributed by atoms with Crippen molar-refractivity contribution in [3.8, 4) is 0 Å². The average Bonchev–Trinajstić information content (AvgIpc) is 1.85. The van der Waals surface area contributed by atoms with E-state index in [2.05, 4.69) is 31.9 Å². The lowest BCUT2D eigenvalue weighted by molar-refractivity contribution is 0.112. The van der Waals surface area contributed by atoms with E-state index in [0.29, 0.717) is 5.56 Å². The van der Waals surface area contributed by atoms with E-state index in [9.17, 15) is 4.79 Å². The first kappa shape index (κ1) is 11.3. The number of hydrogen-bond donors (Lipinski definition) is 0. The predicted molar refractivity (Wildman–Crippen MR) is 58.3 cm³/mol. The lowest BCUT2D eigenvalue weighted by atomic mass is 10.2. The van der Waals surface area contributed by atoms with E-state index >= 15 is 0 Å². The first-order chi connectivity index (χ1) is 4.72. The zero-order chi connectivity index (χ0) is 7.56. The molecule has 1 nitrogen and oxygen atoms in total. The molecule has 0 N–H and O–H groups in total. The molecule has 4 heteroatoms. The van der Waals surface area contributed by atoms with E-state index in [0.717, 1.165) is 15.2 Å². The van der Waals surface area contributed by atoms with E-state index in [-0.39, 0.29) is 9.90 Å². The molecule has 0 amide bonds. The minimum absolute atomic E-state index is 0. The van der Waals surface area contributed by atoms with Crippen LogP contribution in [0.15, 0.2) is 27.1 Å². The second-order valence-corrected chi connectivity index (χ2v) is 3.65. The molecule has 1 aromatic carbocycles. The zero-order valence-electron chi connectivity index (χ0n) is 5.68. The fourth-order valence-electron chi connectivity index (χ4n) is 0.643. The molecule has 0 heterocycles. The Morgan fingerprint density at radius 2 is 1.55 bits per heavy atom. The monoisotopic (exact) mass is 296 g/mol. The smallest absolute Gasteiger partial charge is 0.150 e. The summed E-state index contributed by atoms with van der Waals surface area (Å²) < 4.78 is 1.81. The molecule has 1 unspecified atom stereocenters. The van der Waals surface area contributed by atoms with Crippen LogP contribution in [-0.4, -0.2) is 6.29 Å². The van der Waals surface area contributed by atoms with Gasteiger partial charge in [-0.15, -0.1) is 0 Å². The van der Waals surface area contributed by atoms with Crippen molar-refractivity contribution in [2.24, 2.45) is 0 Å². The van der Waals surface area contributed by atoms with E-state index in [1.54, 1.807) is 12.1 Å². The maximum atomic E-state index is 10.3. The molecular weight excluding hydrogens is 291 g/mol. The number of hydrogen-bond acceptors (Lipinski definition) is 1. The standard InChI is InChI=1S/C7H4Br2O.H3P/c8-6-1-5(4-10)2-7(9)3-6;/h1-4H;1H3. The van der Waals surface area contributed by atoms with Crippen LogP contribution in [0.4, 0.5) is 0 Å². The Balaban J connectivity index is 0.000001000. The molecular formula is C7H7Br2OP. The third-order valence-corrected chi connectivity index (χ3v) is 1.94. The summed E-state index contributed by atoms with van der Waals surface area (Å²) in [6, 6.07) is 5.41. The molecule has 0 bridgehead atoms. The highest BCUT2D eigenvalue weighted by atomic mass is 79.9. The summed E-state index contributed by atoms with van der Waals surface area (Å²) in [7, 11) is 0. The average molecular weight is 298 g/mol. The van der Waals surface area contributed by atoms with Gasteiger partial charge in [0.15, 0.2) is 0 Å². The first-order valence-electron chi connectivity index (χ1n) is 2.63. The highest BCUT2D eigenvalue weighted by Crippen LogP contribution is 2.18. The van der Waals surface area contributed by atoms with Crippen molar-refractivity contribution in [3.63, 3.8) is 0 Å². The van der Waals surface area contributed by atoms with E-state index in [1.165, 1.54) is 0 Å². The van der Waals surface area contributed by atoms with Crippen LogP contribution in [0.2, 0.25) is 0 Å². The van der Waals surface area contributed by atoms with Crippen LogP contribution >= 0.6 is 41.8 Å². The van der Waals surface area contributed by atoms with Crippen LogP contribution in [0.5, 0.6) is 0 Å². The molecule has 1 rings (SSSR count). The number of aldehydes is 1. The van der Waals surface area contributed by atoms with Crippen LogP contribution in [0.25, 0.3) is 0 Å². The summed E-state index contributed by atoms with van der Waals surface area (Å²) >= 11 is 6.53. The minimum Gasteiger partial charge on any atom is -0.298 e. The second-order valence-electron chi connectivity index (χ2n) is 1.82. The van der Waals surface area contributed by atoms with Crippen molar-refractivity contribution in [1.82, 2.24) is 0 Å². The Morgan fingerprint density at radius 1 is 1.09 bits per heavy atom. The van der Waals surface area contributed by atoms with Crippen molar-refractivity contribution in [2.45, 2.75) is 0 Å². The molecule has 11 heavy (non-hydrogen) atoms. The Morgan fingerprint density at radius 3 is 1.91 bits per heavy atom. The lowest BCUT2D eigenvalue weighted by Crippen LogP contribution is -1.78. The Bertz CT molecular complexity index is 242. The molecule has 0 saturated heterocycles. The highest BCUT2D eigenvalue weighted by molar-refractivity contribution is 9.11. The summed E-state index contributed by atoms with van der Waals surface area (Å²) in [6.45, 7) is 0. The van der Waals surface area contributed by atoms with Crippen LogP contribution in [0.3, 0.4) is 0 Å². The van der Waals surface area contributed by atoms with Gasteiger partial charge in [0.2, 0.25) is 0 Å². The highest BCUT2D eigenvalue weighted by Gasteiger charge is 1.94. The molecule has 0 aromatic heterocycles. The maximum absolute atomic E-state index is 10.3. The summed E-state index contributed by atoms with van der Waals surface area (Å²) in [5.41, 5.74) is 0.668. The summed E-state index contributed by atoms with van der Waals surface area (Å²) in [4.78, 5) is 10.3. The van der Waals surface area contributed by atoms with Crippen molar-refractivity contribution < 1.29 is 4.79 Å². The SMILES string of the molecule is O=Cc1cc(Br)cc(Br)c1.P. The van der Waals surface area contributed by atoms with Gasteiger partial charge in [-0.2, -0.15) is 9.90 Å². The molecule has 0 aliphatic rings. The third-order valence-electron chi connectivity index (χ3n) is 1.02. The van der Waals surface area contributed by atoms with Crippen LogP contribution < -0.4 is 0 Å². The number of rotatable bonds is 1. The lowest BCUT2D eigenvalue weighted by Gasteiger charge is -1.93. The van der Waals surface area contributed by atoms with E-state index in [4.69, 9.17) is 0 Å². The quantitative estimate of drug-likeness (QED) is 0.575. The molecule has 0 spiro atoms. The third kappa shape index (κ3) is 3.46. The second kappa shape index (κ2) is 5.02. The Kier molecular flexibility index (Phi) is 5.15. The van der Waals surface area contributed by atoms with Gasteiger partial charge in [-0.05, 0) is 18.2 Å². The topological polar surface area (TPSA) is 17.1 Å². The molecule has 0 saturated carbocycles. The Labute approximate surface area is 85.4 Å². The van der Waals surface area contributed by atoms with Crippen molar-refractivity contribution >= 4 is 48.0 Å². The van der Waals surface area contributed by atoms with Gasteiger partial charge in [-0.3, -0.25) is 4.79 Å². The first-order valence-corrected chi connectivity index (χ1v) is 4.22.